The lowest BCUT2D eigenvalue weighted by Gasteiger charge is -2.29. The van der Waals surface area contributed by atoms with E-state index in [1.165, 1.54) is 4.90 Å². The van der Waals surface area contributed by atoms with Crippen LogP contribution in [0.15, 0.2) is 42.5 Å². The fourth-order valence-corrected chi connectivity index (χ4v) is 4.69. The van der Waals surface area contributed by atoms with Crippen molar-refractivity contribution in [2.45, 2.75) is 64.1 Å². The van der Waals surface area contributed by atoms with Crippen LogP contribution in [0.1, 0.15) is 75.9 Å². The van der Waals surface area contributed by atoms with Crippen LogP contribution in [0.5, 0.6) is 0 Å². The van der Waals surface area contributed by atoms with Gasteiger partial charge in [0.25, 0.3) is 11.8 Å². The molecule has 1 unspecified atom stereocenters. The Balaban J connectivity index is 1.26. The quantitative estimate of drug-likeness (QED) is 0.168. The fraction of sp³-hybridized carbons (Fsp3) is 0.370. The van der Waals surface area contributed by atoms with Crippen LogP contribution in [0, 0.1) is 0 Å². The monoisotopic (exact) mass is 506 g/mol. The van der Waals surface area contributed by atoms with Crippen molar-refractivity contribution in [2.24, 2.45) is 0 Å². The summed E-state index contributed by atoms with van der Waals surface area (Å²) >= 11 is 0. The Hall–Kier alpha value is -4.05. The van der Waals surface area contributed by atoms with Crippen LogP contribution in [0.3, 0.4) is 0 Å². The number of carbonyl (C=O) groups is 5. The summed E-state index contributed by atoms with van der Waals surface area (Å²) in [5.41, 5.74) is 5.45. The van der Waals surface area contributed by atoms with E-state index in [0.29, 0.717) is 43.5 Å². The van der Waals surface area contributed by atoms with E-state index < -0.39 is 11.9 Å². The van der Waals surface area contributed by atoms with Crippen molar-refractivity contribution in [1.29, 1.82) is 0 Å². The first kappa shape index (κ1) is 26.0. The second-order valence-electron chi connectivity index (χ2n) is 9.37. The molecule has 2 aromatic rings. The molecule has 10 nitrogen and oxygen atoms in total. The molecule has 37 heavy (non-hydrogen) atoms. The number of unbranched alkanes of at least 4 members (excludes halogenated alkanes) is 2. The molecule has 0 aliphatic carbocycles. The highest BCUT2D eigenvalue weighted by molar-refractivity contribution is 6.05. The van der Waals surface area contributed by atoms with Gasteiger partial charge in [-0.2, -0.15) is 0 Å². The summed E-state index contributed by atoms with van der Waals surface area (Å²) < 4.78 is 0. The topological polar surface area (TPSA) is 145 Å². The molecule has 1 fully saturated rings. The molecule has 0 saturated carbocycles. The molecule has 0 radical (unpaired) electrons. The van der Waals surface area contributed by atoms with Gasteiger partial charge in [-0.3, -0.25) is 34.5 Å². The summed E-state index contributed by atoms with van der Waals surface area (Å²) in [5.74, 6) is -1.57. The van der Waals surface area contributed by atoms with E-state index in [-0.39, 0.29) is 30.0 Å². The molecule has 2 heterocycles. The minimum absolute atomic E-state index is 0.205. The van der Waals surface area contributed by atoms with E-state index in [1.54, 1.807) is 29.7 Å². The highest BCUT2D eigenvalue weighted by atomic mass is 16.5. The van der Waals surface area contributed by atoms with Gasteiger partial charge in [-0.1, -0.05) is 30.7 Å². The number of aryl methyl sites for hydroxylation is 1. The van der Waals surface area contributed by atoms with Gasteiger partial charge in [-0.05, 0) is 60.6 Å². The average molecular weight is 507 g/mol. The van der Waals surface area contributed by atoms with Gasteiger partial charge in [0.2, 0.25) is 17.7 Å². The third-order valence-electron chi connectivity index (χ3n) is 6.75. The highest BCUT2D eigenvalue weighted by Gasteiger charge is 2.39. The van der Waals surface area contributed by atoms with Gasteiger partial charge in [0.15, 0.2) is 0 Å². The normalized spacial score (nSPS) is 16.8. The summed E-state index contributed by atoms with van der Waals surface area (Å²) in [6.45, 7) is 0.584. The van der Waals surface area contributed by atoms with Crippen molar-refractivity contribution >= 4 is 29.5 Å². The number of fused-ring (bicyclic) bond motifs is 1. The van der Waals surface area contributed by atoms with Gasteiger partial charge < -0.3 is 10.2 Å². The molecular formula is C27H30N4O6. The van der Waals surface area contributed by atoms with Crippen LogP contribution in [-0.2, 0) is 33.9 Å². The summed E-state index contributed by atoms with van der Waals surface area (Å²) in [7, 11) is 0. The molecule has 1 atom stereocenters. The molecule has 0 aromatic heterocycles. The van der Waals surface area contributed by atoms with E-state index in [4.69, 9.17) is 5.21 Å². The Kier molecular flexibility index (Phi) is 8.29. The van der Waals surface area contributed by atoms with Gasteiger partial charge >= 0.3 is 0 Å². The van der Waals surface area contributed by atoms with Crippen molar-refractivity contribution < 1.29 is 29.2 Å². The standard InChI is InChI=1S/C27H30N4O6/c32-23-13-12-22(26(35)29-23)31-16-20-14-18(8-11-21(20)27(31)36)15-28-25(34)19-9-6-17(7-10-19)4-2-1-3-5-24(33)30-37/h6-11,14,22,37H,1-5,12-13,15-16H2,(H,28,34)(H,30,33)(H,29,32,35). The molecule has 2 aromatic carbocycles. The number of carbonyl (C=O) groups excluding carboxylic acids is 5. The maximum atomic E-state index is 12.8. The third-order valence-corrected chi connectivity index (χ3v) is 6.75. The van der Waals surface area contributed by atoms with Crippen molar-refractivity contribution in [3.8, 4) is 0 Å². The zero-order valence-corrected chi connectivity index (χ0v) is 20.4. The number of benzene rings is 2. The van der Waals surface area contributed by atoms with Crippen molar-refractivity contribution in [2.75, 3.05) is 0 Å². The van der Waals surface area contributed by atoms with Crippen LogP contribution < -0.4 is 16.1 Å². The van der Waals surface area contributed by atoms with E-state index in [9.17, 15) is 24.0 Å². The molecule has 194 valence electrons. The number of rotatable bonds is 10. The summed E-state index contributed by atoms with van der Waals surface area (Å²) in [6, 6.07) is 12.1. The van der Waals surface area contributed by atoms with E-state index in [1.807, 2.05) is 18.2 Å². The maximum absolute atomic E-state index is 12.8. The number of nitrogens with zero attached hydrogens (tertiary/aromatic N) is 1. The summed E-state index contributed by atoms with van der Waals surface area (Å²) in [6.07, 6.45) is 4.15. The second kappa shape index (κ2) is 11.8. The van der Waals surface area contributed by atoms with Crippen LogP contribution in [0.4, 0.5) is 0 Å². The maximum Gasteiger partial charge on any atom is 0.255 e. The molecule has 5 amide bonds. The van der Waals surface area contributed by atoms with Gasteiger partial charge in [-0.15, -0.1) is 0 Å². The second-order valence-corrected chi connectivity index (χ2v) is 9.37. The summed E-state index contributed by atoms with van der Waals surface area (Å²) in [5, 5.41) is 13.7. The Bertz CT molecular complexity index is 1210. The predicted molar refractivity (Wildman–Crippen MR) is 132 cm³/mol. The molecule has 4 N–H and O–H groups in total. The zero-order chi connectivity index (χ0) is 26.4. The zero-order valence-electron chi connectivity index (χ0n) is 20.4. The summed E-state index contributed by atoms with van der Waals surface area (Å²) in [4.78, 5) is 61.6. The molecule has 0 spiro atoms. The van der Waals surface area contributed by atoms with Gasteiger partial charge in [0, 0.05) is 37.1 Å². The Morgan fingerprint density at radius 1 is 1.00 bits per heavy atom. The molecule has 2 aliphatic heterocycles. The largest absolute Gasteiger partial charge is 0.348 e. The fourth-order valence-electron chi connectivity index (χ4n) is 4.69. The number of hydrogen-bond acceptors (Lipinski definition) is 6. The van der Waals surface area contributed by atoms with Crippen LogP contribution in [0.2, 0.25) is 0 Å². The van der Waals surface area contributed by atoms with Crippen LogP contribution in [-0.4, -0.2) is 45.7 Å². The first-order valence-corrected chi connectivity index (χ1v) is 12.4. The number of nitrogens with one attached hydrogen (secondary N) is 3. The lowest BCUT2D eigenvalue weighted by atomic mass is 10.0. The van der Waals surface area contributed by atoms with Gasteiger partial charge in [0.1, 0.15) is 6.04 Å². The minimum atomic E-state index is -0.656. The van der Waals surface area contributed by atoms with E-state index in [0.717, 1.165) is 36.0 Å². The number of amides is 5. The number of hydrogen-bond donors (Lipinski definition) is 4. The molecule has 4 rings (SSSR count). The predicted octanol–water partition coefficient (Wildman–Crippen LogP) is 1.99. The Morgan fingerprint density at radius 3 is 2.49 bits per heavy atom. The lowest BCUT2D eigenvalue weighted by molar-refractivity contribution is -0.137. The number of hydroxylamine groups is 1. The molecule has 2 aliphatic rings. The van der Waals surface area contributed by atoms with Gasteiger partial charge in [0.05, 0.1) is 0 Å². The molecule has 10 heteroatoms. The smallest absolute Gasteiger partial charge is 0.255 e. The minimum Gasteiger partial charge on any atom is -0.348 e. The Labute approximate surface area is 214 Å². The molecule has 0 bridgehead atoms. The molecular weight excluding hydrogens is 476 g/mol. The Morgan fingerprint density at radius 2 is 1.76 bits per heavy atom. The van der Waals surface area contributed by atoms with Crippen molar-refractivity contribution in [3.63, 3.8) is 0 Å². The highest BCUT2D eigenvalue weighted by Crippen LogP contribution is 2.28. The van der Waals surface area contributed by atoms with Crippen LogP contribution >= 0.6 is 0 Å². The molecule has 1 saturated heterocycles. The first-order chi connectivity index (χ1) is 17.9. The SMILES string of the molecule is O=C(CCCCCc1ccc(C(=O)NCc2ccc3c(c2)CN(C2CCC(=O)NC2=O)C3=O)cc1)NO. The van der Waals surface area contributed by atoms with Gasteiger partial charge in [-0.25, -0.2) is 5.48 Å². The number of imide groups is 1. The van der Waals surface area contributed by atoms with E-state index >= 15 is 0 Å². The van der Waals surface area contributed by atoms with Crippen molar-refractivity contribution in [1.82, 2.24) is 21.0 Å². The van der Waals surface area contributed by atoms with E-state index in [2.05, 4.69) is 10.6 Å². The van der Waals surface area contributed by atoms with Crippen LogP contribution in [0.25, 0.3) is 0 Å². The van der Waals surface area contributed by atoms with Crippen molar-refractivity contribution in [3.05, 3.63) is 70.3 Å². The first-order valence-electron chi connectivity index (χ1n) is 12.4. The third kappa shape index (κ3) is 6.39. The average Bonchev–Trinajstić information content (AvgIpc) is 3.22. The lowest BCUT2D eigenvalue weighted by Crippen LogP contribution is -2.52. The number of piperidine rings is 1.